The van der Waals surface area contributed by atoms with Gasteiger partial charge in [-0.05, 0) is 38.2 Å². The molecule has 0 saturated heterocycles. The van der Waals surface area contributed by atoms with E-state index in [1.807, 2.05) is 45.3 Å². The largest absolute Gasteiger partial charge is 0.490 e. The van der Waals surface area contributed by atoms with Crippen LogP contribution in [-0.2, 0) is 5.60 Å². The lowest BCUT2D eigenvalue weighted by Gasteiger charge is -2.35. The zero-order valence-electron chi connectivity index (χ0n) is 13.1. The van der Waals surface area contributed by atoms with Crippen LogP contribution in [0.15, 0.2) is 36.9 Å². The summed E-state index contributed by atoms with van der Waals surface area (Å²) in [5.74, 6) is 0.906. The zero-order chi connectivity index (χ0) is 15.2. The molecule has 0 heterocycles. The van der Waals surface area contributed by atoms with E-state index in [1.54, 1.807) is 6.08 Å². The summed E-state index contributed by atoms with van der Waals surface area (Å²) in [5, 5.41) is 11.1. The molecule has 1 aromatic rings. The highest BCUT2D eigenvalue weighted by Crippen LogP contribution is 2.35. The molecule has 0 spiro atoms. The maximum absolute atomic E-state index is 11.1. The highest BCUT2D eigenvalue weighted by molar-refractivity contribution is 5.33. The van der Waals surface area contributed by atoms with Crippen LogP contribution in [0.2, 0.25) is 0 Å². The number of hydrogen-bond acceptors (Lipinski definition) is 3. The van der Waals surface area contributed by atoms with Crippen LogP contribution in [0.1, 0.15) is 25.8 Å². The Labute approximate surface area is 122 Å². The van der Waals surface area contributed by atoms with E-state index in [0.29, 0.717) is 13.0 Å². The third-order valence-electron chi connectivity index (χ3n) is 3.70. The average molecular weight is 277 g/mol. The van der Waals surface area contributed by atoms with Gasteiger partial charge in [-0.15, -0.1) is 0 Å². The van der Waals surface area contributed by atoms with Crippen LogP contribution >= 0.6 is 0 Å². The molecular weight excluding hydrogens is 250 g/mol. The van der Waals surface area contributed by atoms with Crippen molar-refractivity contribution < 1.29 is 9.84 Å². The molecule has 20 heavy (non-hydrogen) atoms. The first kappa shape index (κ1) is 16.7. The van der Waals surface area contributed by atoms with Crippen molar-refractivity contribution in [3.8, 4) is 5.75 Å². The molecule has 2 atom stereocenters. The minimum absolute atomic E-state index is 0.136. The molecule has 0 aliphatic heterocycles. The van der Waals surface area contributed by atoms with Crippen LogP contribution in [0.3, 0.4) is 0 Å². The fraction of sp³-hybridized carbons (Fsp3) is 0.529. The van der Waals surface area contributed by atoms with Gasteiger partial charge < -0.3 is 14.7 Å². The molecule has 0 saturated carbocycles. The third kappa shape index (κ3) is 4.09. The monoisotopic (exact) mass is 277 g/mol. The minimum atomic E-state index is -0.835. The number of nitrogens with zero attached hydrogens (tertiary/aromatic N) is 1. The highest BCUT2D eigenvalue weighted by Gasteiger charge is 2.34. The Morgan fingerprint density at radius 2 is 2.15 bits per heavy atom. The Morgan fingerprint density at radius 3 is 2.70 bits per heavy atom. The second kappa shape index (κ2) is 7.46. The van der Waals surface area contributed by atoms with E-state index in [2.05, 4.69) is 18.4 Å². The normalized spacial score (nSPS) is 15.7. The van der Waals surface area contributed by atoms with Gasteiger partial charge in [0.05, 0.1) is 5.60 Å². The number of aliphatic hydroxyl groups is 1. The molecule has 0 radical (unpaired) electrons. The lowest BCUT2D eigenvalue weighted by Crippen LogP contribution is -2.38. The van der Waals surface area contributed by atoms with E-state index in [4.69, 9.17) is 4.74 Å². The first-order valence-electron chi connectivity index (χ1n) is 7.15. The van der Waals surface area contributed by atoms with Gasteiger partial charge in [-0.25, -0.2) is 0 Å². The number of rotatable bonds is 8. The van der Waals surface area contributed by atoms with Crippen molar-refractivity contribution in [2.75, 3.05) is 27.2 Å². The van der Waals surface area contributed by atoms with E-state index in [0.717, 1.165) is 17.9 Å². The highest BCUT2D eigenvalue weighted by atomic mass is 16.5. The van der Waals surface area contributed by atoms with Crippen LogP contribution in [0.25, 0.3) is 0 Å². The first-order valence-corrected chi connectivity index (χ1v) is 7.15. The van der Waals surface area contributed by atoms with Gasteiger partial charge in [-0.3, -0.25) is 0 Å². The Morgan fingerprint density at radius 1 is 1.45 bits per heavy atom. The van der Waals surface area contributed by atoms with E-state index >= 15 is 0 Å². The number of hydrogen-bond donors (Lipinski definition) is 1. The quantitative estimate of drug-likeness (QED) is 0.741. The van der Waals surface area contributed by atoms with Gasteiger partial charge in [0, 0.05) is 12.5 Å². The van der Waals surface area contributed by atoms with E-state index < -0.39 is 5.60 Å². The maximum atomic E-state index is 11.1. The lowest BCUT2D eigenvalue weighted by molar-refractivity contribution is -0.0293. The van der Waals surface area contributed by atoms with Crippen LogP contribution in [0.5, 0.6) is 5.75 Å². The molecule has 3 nitrogen and oxygen atoms in total. The number of benzene rings is 1. The average Bonchev–Trinajstić information content (AvgIpc) is 2.43. The van der Waals surface area contributed by atoms with Crippen molar-refractivity contribution >= 4 is 0 Å². The summed E-state index contributed by atoms with van der Waals surface area (Å²) < 4.78 is 5.56. The third-order valence-corrected chi connectivity index (χ3v) is 3.70. The second-order valence-corrected chi connectivity index (χ2v) is 5.57. The van der Waals surface area contributed by atoms with Gasteiger partial charge in [-0.1, -0.05) is 38.6 Å². The summed E-state index contributed by atoms with van der Waals surface area (Å²) in [4.78, 5) is 2.10. The zero-order valence-corrected chi connectivity index (χ0v) is 13.1. The van der Waals surface area contributed by atoms with Crippen molar-refractivity contribution in [2.24, 2.45) is 5.92 Å². The van der Waals surface area contributed by atoms with Gasteiger partial charge in [0.1, 0.15) is 12.4 Å². The van der Waals surface area contributed by atoms with Crippen LogP contribution < -0.4 is 4.74 Å². The van der Waals surface area contributed by atoms with E-state index in [9.17, 15) is 5.11 Å². The molecule has 0 fully saturated rings. The maximum Gasteiger partial charge on any atom is 0.120 e. The SMILES string of the molecule is C=CCOc1cccc([C@](O)(CC)[C@H](C)CN(C)C)c1. The molecule has 1 N–H and O–H groups in total. The Balaban J connectivity index is 3.00. The van der Waals surface area contributed by atoms with Gasteiger partial charge in [0.25, 0.3) is 0 Å². The predicted octanol–water partition coefficient (Wildman–Crippen LogP) is 3.05. The van der Waals surface area contributed by atoms with Gasteiger partial charge in [0.15, 0.2) is 0 Å². The molecule has 0 aliphatic rings. The molecule has 0 aliphatic carbocycles. The molecule has 0 bridgehead atoms. The molecular formula is C17H27NO2. The summed E-state index contributed by atoms with van der Waals surface area (Å²) in [7, 11) is 4.05. The molecule has 0 amide bonds. The molecule has 0 aromatic heterocycles. The Hall–Kier alpha value is -1.32. The van der Waals surface area contributed by atoms with Crippen LogP contribution in [0.4, 0.5) is 0 Å². The lowest BCUT2D eigenvalue weighted by atomic mass is 9.80. The topological polar surface area (TPSA) is 32.7 Å². The van der Waals surface area contributed by atoms with Gasteiger partial charge in [-0.2, -0.15) is 0 Å². The fourth-order valence-corrected chi connectivity index (χ4v) is 2.55. The first-order chi connectivity index (χ1) is 9.43. The van der Waals surface area contributed by atoms with Crippen molar-refractivity contribution in [3.63, 3.8) is 0 Å². The summed E-state index contributed by atoms with van der Waals surface area (Å²) in [6.07, 6.45) is 2.39. The molecule has 1 aromatic carbocycles. The molecule has 112 valence electrons. The molecule has 1 rings (SSSR count). The molecule has 3 heteroatoms. The Kier molecular flexibility index (Phi) is 6.24. The van der Waals surface area contributed by atoms with Crippen molar-refractivity contribution in [3.05, 3.63) is 42.5 Å². The van der Waals surface area contributed by atoms with Gasteiger partial charge in [0.2, 0.25) is 0 Å². The minimum Gasteiger partial charge on any atom is -0.490 e. The standard InChI is InChI=1S/C17H27NO2/c1-6-11-20-16-10-8-9-15(12-16)17(19,7-2)14(3)13-18(4)5/h6,8-10,12,14,19H,1,7,11,13H2,2-5H3/t14-,17+/m1/s1. The van der Waals surface area contributed by atoms with E-state index in [1.165, 1.54) is 0 Å². The second-order valence-electron chi connectivity index (χ2n) is 5.57. The van der Waals surface area contributed by atoms with Crippen LogP contribution in [0, 0.1) is 5.92 Å². The molecule has 0 unspecified atom stereocenters. The number of ether oxygens (including phenoxy) is 1. The fourth-order valence-electron chi connectivity index (χ4n) is 2.55. The predicted molar refractivity (Wildman–Crippen MR) is 84.0 cm³/mol. The summed E-state index contributed by atoms with van der Waals surface area (Å²) in [6, 6.07) is 7.73. The Bertz CT molecular complexity index is 431. The smallest absolute Gasteiger partial charge is 0.120 e. The van der Waals surface area contributed by atoms with Crippen molar-refractivity contribution in [1.29, 1.82) is 0 Å². The summed E-state index contributed by atoms with van der Waals surface area (Å²) in [6.45, 7) is 9.05. The van der Waals surface area contributed by atoms with Crippen molar-refractivity contribution in [1.82, 2.24) is 4.90 Å². The van der Waals surface area contributed by atoms with Crippen LogP contribution in [-0.4, -0.2) is 37.3 Å². The van der Waals surface area contributed by atoms with Gasteiger partial charge >= 0.3 is 0 Å². The summed E-state index contributed by atoms with van der Waals surface area (Å²) >= 11 is 0. The summed E-state index contributed by atoms with van der Waals surface area (Å²) in [5.41, 5.74) is 0.0774. The van der Waals surface area contributed by atoms with E-state index in [-0.39, 0.29) is 5.92 Å². The van der Waals surface area contributed by atoms with Crippen molar-refractivity contribution in [2.45, 2.75) is 25.9 Å².